The maximum atomic E-state index is 14.0. The van der Waals surface area contributed by atoms with Gasteiger partial charge in [0, 0.05) is 17.6 Å². The van der Waals surface area contributed by atoms with Crippen LogP contribution in [0.5, 0.6) is 0 Å². The lowest BCUT2D eigenvalue weighted by Crippen LogP contribution is -2.52. The Hall–Kier alpha value is -3.14. The molecule has 0 aromatic heterocycles. The van der Waals surface area contributed by atoms with Gasteiger partial charge < -0.3 is 10.2 Å². The average molecular weight is 607 g/mol. The van der Waals surface area contributed by atoms with Gasteiger partial charge in [-0.15, -0.1) is 0 Å². The highest BCUT2D eigenvalue weighted by molar-refractivity contribution is 7.92. The number of nitrogens with zero attached hydrogens (tertiary/aromatic N) is 2. The SMILES string of the molecule is C[C@@H](C(=O)NC1CCCC1)N(Cc1ccccc1Cl)C(=O)CN(c1ccc(F)c(Cl)c1)S(=O)(=O)c1ccccc1. The minimum Gasteiger partial charge on any atom is -0.352 e. The van der Waals surface area contributed by atoms with Crippen LogP contribution in [0.2, 0.25) is 10.0 Å². The monoisotopic (exact) mass is 605 g/mol. The molecule has 3 aromatic carbocycles. The van der Waals surface area contributed by atoms with E-state index in [0.29, 0.717) is 10.6 Å². The second-order valence-corrected chi connectivity index (χ2v) is 12.4. The molecule has 11 heteroatoms. The van der Waals surface area contributed by atoms with Crippen molar-refractivity contribution in [1.29, 1.82) is 0 Å². The standard InChI is InChI=1S/C29H30Cl2FN3O4S/c1-20(29(37)33-22-10-6-7-11-22)34(18-21-9-5-8-14-25(21)30)28(36)19-35(23-15-16-27(32)26(31)17-23)40(38,39)24-12-3-2-4-13-24/h2-5,8-9,12-17,20,22H,6-7,10-11,18-19H2,1H3,(H,33,37)/t20-/m0/s1. The fourth-order valence-electron chi connectivity index (χ4n) is 4.67. The zero-order valence-corrected chi connectivity index (χ0v) is 24.2. The van der Waals surface area contributed by atoms with Gasteiger partial charge in [-0.2, -0.15) is 0 Å². The van der Waals surface area contributed by atoms with Crippen molar-refractivity contribution in [2.45, 2.75) is 56.1 Å². The van der Waals surface area contributed by atoms with E-state index in [1.165, 1.54) is 23.1 Å². The van der Waals surface area contributed by atoms with Crippen LogP contribution in [0.15, 0.2) is 77.7 Å². The molecule has 1 atom stereocenters. The summed E-state index contributed by atoms with van der Waals surface area (Å²) in [6.45, 7) is 0.912. The van der Waals surface area contributed by atoms with E-state index in [0.717, 1.165) is 42.1 Å². The van der Waals surface area contributed by atoms with Gasteiger partial charge in [0.2, 0.25) is 11.8 Å². The molecule has 7 nitrogen and oxygen atoms in total. The van der Waals surface area contributed by atoms with E-state index < -0.39 is 34.3 Å². The summed E-state index contributed by atoms with van der Waals surface area (Å²) in [4.78, 5) is 28.4. The lowest BCUT2D eigenvalue weighted by atomic mass is 10.1. The fourth-order valence-corrected chi connectivity index (χ4v) is 6.47. The Balaban J connectivity index is 1.70. The smallest absolute Gasteiger partial charge is 0.264 e. The molecule has 0 bridgehead atoms. The summed E-state index contributed by atoms with van der Waals surface area (Å²) in [6.07, 6.45) is 3.78. The highest BCUT2D eigenvalue weighted by Gasteiger charge is 2.33. The zero-order chi connectivity index (χ0) is 28.9. The number of hydrogen-bond acceptors (Lipinski definition) is 4. The molecule has 0 unspecified atom stereocenters. The summed E-state index contributed by atoms with van der Waals surface area (Å²) in [7, 11) is -4.28. The van der Waals surface area contributed by atoms with Crippen molar-refractivity contribution < 1.29 is 22.4 Å². The molecule has 2 amide bonds. The van der Waals surface area contributed by atoms with E-state index in [2.05, 4.69) is 5.32 Å². The quantitative estimate of drug-likeness (QED) is 0.316. The summed E-state index contributed by atoms with van der Waals surface area (Å²) in [6, 6.07) is 17.0. The lowest BCUT2D eigenvalue weighted by molar-refractivity contribution is -0.139. The number of rotatable bonds is 10. The predicted molar refractivity (Wildman–Crippen MR) is 154 cm³/mol. The normalized spacial score (nSPS) is 14.5. The van der Waals surface area contributed by atoms with E-state index in [1.807, 2.05) is 0 Å². The van der Waals surface area contributed by atoms with Gasteiger partial charge in [0.15, 0.2) is 0 Å². The Bertz CT molecular complexity index is 1470. The third-order valence-electron chi connectivity index (χ3n) is 6.97. The van der Waals surface area contributed by atoms with Crippen molar-refractivity contribution in [3.05, 3.63) is 94.2 Å². The lowest BCUT2D eigenvalue weighted by Gasteiger charge is -2.32. The van der Waals surface area contributed by atoms with Gasteiger partial charge in [0.05, 0.1) is 15.6 Å². The third kappa shape index (κ3) is 6.95. The van der Waals surface area contributed by atoms with Crippen molar-refractivity contribution in [3.8, 4) is 0 Å². The number of amides is 2. The maximum Gasteiger partial charge on any atom is 0.264 e. The number of halogens is 3. The van der Waals surface area contributed by atoms with Gasteiger partial charge in [-0.25, -0.2) is 12.8 Å². The van der Waals surface area contributed by atoms with Gasteiger partial charge in [-0.3, -0.25) is 13.9 Å². The minimum absolute atomic E-state index is 0.00403. The van der Waals surface area contributed by atoms with Gasteiger partial charge in [0.1, 0.15) is 18.4 Å². The van der Waals surface area contributed by atoms with E-state index in [9.17, 15) is 22.4 Å². The first-order chi connectivity index (χ1) is 19.1. The largest absolute Gasteiger partial charge is 0.352 e. The van der Waals surface area contributed by atoms with Crippen LogP contribution in [0, 0.1) is 5.82 Å². The molecular weight excluding hydrogens is 576 g/mol. The van der Waals surface area contributed by atoms with E-state index >= 15 is 0 Å². The maximum absolute atomic E-state index is 14.0. The number of hydrogen-bond donors (Lipinski definition) is 1. The Labute approximate surface area is 243 Å². The molecule has 0 spiro atoms. The van der Waals surface area contributed by atoms with E-state index in [1.54, 1.807) is 49.4 Å². The van der Waals surface area contributed by atoms with Crippen molar-refractivity contribution >= 4 is 50.7 Å². The highest BCUT2D eigenvalue weighted by Crippen LogP contribution is 2.29. The molecule has 0 saturated heterocycles. The van der Waals surface area contributed by atoms with Crippen molar-refractivity contribution in [3.63, 3.8) is 0 Å². The average Bonchev–Trinajstić information content (AvgIpc) is 3.46. The summed E-state index contributed by atoms with van der Waals surface area (Å²) in [5.41, 5.74) is 0.602. The van der Waals surface area contributed by atoms with Gasteiger partial charge in [-0.1, -0.05) is 72.4 Å². The molecular formula is C29H30Cl2FN3O4S. The Morgan fingerprint density at radius 1 is 0.975 bits per heavy atom. The zero-order valence-electron chi connectivity index (χ0n) is 21.9. The highest BCUT2D eigenvalue weighted by atomic mass is 35.5. The van der Waals surface area contributed by atoms with Crippen LogP contribution < -0.4 is 9.62 Å². The number of carbonyl (C=O) groups is 2. The number of carbonyl (C=O) groups excluding carboxylic acids is 2. The van der Waals surface area contributed by atoms with E-state index in [-0.39, 0.29) is 34.1 Å². The van der Waals surface area contributed by atoms with Gasteiger partial charge in [0.25, 0.3) is 10.0 Å². The van der Waals surface area contributed by atoms with Gasteiger partial charge >= 0.3 is 0 Å². The summed E-state index contributed by atoms with van der Waals surface area (Å²) in [5.74, 6) is -1.71. The number of sulfonamides is 1. The second kappa shape index (κ2) is 13.0. The fraction of sp³-hybridized carbons (Fsp3) is 0.310. The molecule has 1 N–H and O–H groups in total. The number of nitrogens with one attached hydrogen (secondary N) is 1. The van der Waals surface area contributed by atoms with Gasteiger partial charge in [-0.05, 0) is 61.7 Å². The van der Waals surface area contributed by atoms with Crippen LogP contribution in [0.1, 0.15) is 38.2 Å². The van der Waals surface area contributed by atoms with Crippen molar-refractivity contribution in [1.82, 2.24) is 10.2 Å². The van der Waals surface area contributed by atoms with Crippen LogP contribution >= 0.6 is 23.2 Å². The van der Waals surface area contributed by atoms with Crippen LogP contribution in [0.4, 0.5) is 10.1 Å². The molecule has 0 radical (unpaired) electrons. The summed E-state index contributed by atoms with van der Waals surface area (Å²) < 4.78 is 42.4. The van der Waals surface area contributed by atoms with Crippen LogP contribution in [-0.2, 0) is 26.2 Å². The molecule has 0 aliphatic heterocycles. The van der Waals surface area contributed by atoms with Crippen molar-refractivity contribution in [2.24, 2.45) is 0 Å². The molecule has 1 fully saturated rings. The summed E-state index contributed by atoms with van der Waals surface area (Å²) in [5, 5.41) is 3.12. The molecule has 4 rings (SSSR count). The Morgan fingerprint density at radius 3 is 2.27 bits per heavy atom. The molecule has 1 aliphatic carbocycles. The summed E-state index contributed by atoms with van der Waals surface area (Å²) >= 11 is 12.4. The number of anilines is 1. The van der Waals surface area contributed by atoms with E-state index in [4.69, 9.17) is 23.2 Å². The third-order valence-corrected chi connectivity index (χ3v) is 9.42. The first-order valence-corrected chi connectivity index (χ1v) is 15.1. The molecule has 40 heavy (non-hydrogen) atoms. The minimum atomic E-state index is -4.28. The Kier molecular flexibility index (Phi) is 9.71. The first-order valence-electron chi connectivity index (χ1n) is 12.9. The predicted octanol–water partition coefficient (Wildman–Crippen LogP) is 5.80. The number of benzene rings is 3. The first kappa shape index (κ1) is 29.8. The topological polar surface area (TPSA) is 86.8 Å². The Morgan fingerprint density at radius 2 is 1.62 bits per heavy atom. The molecule has 212 valence electrons. The van der Waals surface area contributed by atoms with Crippen LogP contribution in [0.3, 0.4) is 0 Å². The van der Waals surface area contributed by atoms with Crippen LogP contribution in [-0.4, -0.2) is 43.8 Å². The van der Waals surface area contributed by atoms with Crippen molar-refractivity contribution in [2.75, 3.05) is 10.8 Å². The van der Waals surface area contributed by atoms with Crippen LogP contribution in [0.25, 0.3) is 0 Å². The molecule has 1 aliphatic rings. The second-order valence-electron chi connectivity index (χ2n) is 9.70. The molecule has 1 saturated carbocycles. The molecule has 0 heterocycles. The molecule has 3 aromatic rings.